The Hall–Kier alpha value is -2.90. The maximum atomic E-state index is 9.90. The van der Waals surface area contributed by atoms with Crippen LogP contribution in [0.3, 0.4) is 0 Å². The zero-order chi connectivity index (χ0) is 15.4. The van der Waals surface area contributed by atoms with Gasteiger partial charge in [-0.25, -0.2) is 19.2 Å². The minimum atomic E-state index is -1.24. The van der Waals surface area contributed by atoms with Gasteiger partial charge < -0.3 is 20.4 Å². The molecule has 0 aromatic carbocycles. The van der Waals surface area contributed by atoms with Crippen LogP contribution in [0.15, 0.2) is 36.0 Å². The van der Waals surface area contributed by atoms with Crippen molar-refractivity contribution in [3.05, 3.63) is 36.0 Å². The summed E-state index contributed by atoms with van der Waals surface area (Å²) in [6.07, 6.45) is 4.61. The van der Waals surface area contributed by atoms with Gasteiger partial charge in [-0.15, -0.1) is 0 Å². The fourth-order valence-electron chi connectivity index (χ4n) is 0.523. The summed E-state index contributed by atoms with van der Waals surface area (Å²) >= 11 is 0. The van der Waals surface area contributed by atoms with Crippen LogP contribution in [0.2, 0.25) is 0 Å². The molecule has 0 rings (SSSR count). The number of carbonyl (C=O) groups is 4. The number of hydrogen-bond donors (Lipinski definition) is 4. The first-order valence-electron chi connectivity index (χ1n) is 4.62. The van der Waals surface area contributed by atoms with Crippen LogP contribution in [0.25, 0.3) is 0 Å². The van der Waals surface area contributed by atoms with E-state index in [4.69, 9.17) is 20.4 Å². The van der Waals surface area contributed by atoms with Crippen LogP contribution in [0.4, 0.5) is 0 Å². The van der Waals surface area contributed by atoms with E-state index in [-0.39, 0.29) is 5.57 Å². The fraction of sp³-hybridized carbons (Fsp3) is 0.0909. The average molecular weight is 272 g/mol. The monoisotopic (exact) mass is 272 g/mol. The van der Waals surface area contributed by atoms with E-state index >= 15 is 0 Å². The summed E-state index contributed by atoms with van der Waals surface area (Å²) in [6, 6.07) is 0. The molecule has 0 unspecified atom stereocenters. The van der Waals surface area contributed by atoms with E-state index in [0.717, 1.165) is 24.3 Å². The van der Waals surface area contributed by atoms with Crippen molar-refractivity contribution in [3.8, 4) is 0 Å². The molecule has 0 saturated heterocycles. The zero-order valence-electron chi connectivity index (χ0n) is 9.81. The second-order valence-electron chi connectivity index (χ2n) is 2.87. The summed E-state index contributed by atoms with van der Waals surface area (Å²) in [5.41, 5.74) is -0.178. The quantitative estimate of drug-likeness (QED) is 0.414. The molecule has 0 saturated carbocycles. The van der Waals surface area contributed by atoms with E-state index in [1.54, 1.807) is 0 Å². The summed E-state index contributed by atoms with van der Waals surface area (Å²) in [7, 11) is 0. The summed E-state index contributed by atoms with van der Waals surface area (Å²) in [6.45, 7) is 1.22. The lowest BCUT2D eigenvalue weighted by Gasteiger charge is -1.86. The Morgan fingerprint density at radius 3 is 1.26 bits per heavy atom. The molecule has 19 heavy (non-hydrogen) atoms. The van der Waals surface area contributed by atoms with Gasteiger partial charge in [0.1, 0.15) is 0 Å². The van der Waals surface area contributed by atoms with E-state index in [1.807, 2.05) is 0 Å². The molecule has 0 heterocycles. The lowest BCUT2D eigenvalue weighted by atomic mass is 10.3. The van der Waals surface area contributed by atoms with Gasteiger partial charge in [0, 0.05) is 23.8 Å². The van der Waals surface area contributed by atoms with Crippen molar-refractivity contribution in [3.63, 3.8) is 0 Å². The summed E-state index contributed by atoms with van der Waals surface area (Å²) in [5, 5.41) is 32.1. The highest BCUT2D eigenvalue weighted by molar-refractivity contribution is 5.94. The van der Waals surface area contributed by atoms with Gasteiger partial charge in [0.25, 0.3) is 0 Å². The van der Waals surface area contributed by atoms with Crippen molar-refractivity contribution in [1.29, 1.82) is 0 Å². The Morgan fingerprint density at radius 1 is 0.737 bits per heavy atom. The van der Waals surface area contributed by atoms with Gasteiger partial charge in [0.15, 0.2) is 0 Å². The number of aliphatic carboxylic acids is 4. The molecule has 0 atom stereocenters. The molecule has 104 valence electrons. The van der Waals surface area contributed by atoms with Crippen molar-refractivity contribution >= 4 is 23.9 Å². The maximum Gasteiger partial charge on any atom is 0.331 e. The Kier molecular flexibility index (Phi) is 9.98. The average Bonchev–Trinajstić information content (AvgIpc) is 2.23. The van der Waals surface area contributed by atoms with Crippen LogP contribution in [-0.2, 0) is 19.2 Å². The third-order valence-electron chi connectivity index (χ3n) is 1.27. The summed E-state index contributed by atoms with van der Waals surface area (Å²) in [5.74, 6) is -4.66. The predicted octanol–water partition coefficient (Wildman–Crippen LogP) is 0.370. The first-order valence-corrected chi connectivity index (χ1v) is 4.62. The van der Waals surface area contributed by atoms with Crippen molar-refractivity contribution in [2.75, 3.05) is 0 Å². The minimum absolute atomic E-state index is 0.178. The summed E-state index contributed by atoms with van der Waals surface area (Å²) < 4.78 is 0. The molecule has 0 aliphatic heterocycles. The van der Waals surface area contributed by atoms with Gasteiger partial charge in [-0.3, -0.25) is 0 Å². The molecular weight excluding hydrogens is 260 g/mol. The molecule has 0 aliphatic carbocycles. The summed E-state index contributed by atoms with van der Waals surface area (Å²) in [4.78, 5) is 39.2. The van der Waals surface area contributed by atoms with E-state index in [2.05, 4.69) is 0 Å². The standard InChI is InChI=1S/C6H6O4.C5H6O4/c7-5(8)3-1-2-4-6(9)10;1-3(5(8)9)2-4(6)7/h1-4H,(H,7,8)(H,9,10);2H,1H3,(H,6,7)(H,8,9). The lowest BCUT2D eigenvalue weighted by Crippen LogP contribution is -1.99. The SMILES string of the molecule is CC(=CC(=O)O)C(=O)O.O=C(O)C=CC=CC(=O)O. The minimum Gasteiger partial charge on any atom is -0.478 e. The Bertz CT molecular complexity index is 420. The van der Waals surface area contributed by atoms with Crippen molar-refractivity contribution in [2.45, 2.75) is 6.92 Å². The molecule has 0 fully saturated rings. The highest BCUT2D eigenvalue weighted by Gasteiger charge is 2.00. The number of carboxylic acid groups (broad SMARTS) is 4. The van der Waals surface area contributed by atoms with Gasteiger partial charge in [-0.05, 0) is 6.92 Å². The largest absolute Gasteiger partial charge is 0.478 e. The normalized spacial score (nSPS) is 10.9. The highest BCUT2D eigenvalue weighted by Crippen LogP contribution is 1.89. The van der Waals surface area contributed by atoms with Crippen LogP contribution in [-0.4, -0.2) is 44.3 Å². The Morgan fingerprint density at radius 2 is 1.11 bits per heavy atom. The van der Waals surface area contributed by atoms with Crippen molar-refractivity contribution < 1.29 is 39.6 Å². The molecule has 0 spiro atoms. The van der Waals surface area contributed by atoms with Crippen LogP contribution < -0.4 is 0 Å². The third-order valence-corrected chi connectivity index (χ3v) is 1.27. The molecule has 8 nitrogen and oxygen atoms in total. The Balaban J connectivity index is 0. The van der Waals surface area contributed by atoms with Crippen LogP contribution in [0.5, 0.6) is 0 Å². The van der Waals surface area contributed by atoms with Crippen LogP contribution >= 0.6 is 0 Å². The predicted molar refractivity (Wildman–Crippen MR) is 62.6 cm³/mol. The molecule has 8 heteroatoms. The third kappa shape index (κ3) is 17.7. The van der Waals surface area contributed by atoms with E-state index in [0.29, 0.717) is 6.08 Å². The molecular formula is C11H12O8. The zero-order valence-corrected chi connectivity index (χ0v) is 9.81. The second kappa shape index (κ2) is 10.3. The fourth-order valence-corrected chi connectivity index (χ4v) is 0.523. The van der Waals surface area contributed by atoms with Gasteiger partial charge in [-0.1, -0.05) is 12.2 Å². The molecule has 0 radical (unpaired) electrons. The first kappa shape index (κ1) is 18.5. The number of allylic oxidation sites excluding steroid dienone is 2. The molecule has 4 N–H and O–H groups in total. The molecule has 0 bridgehead atoms. The van der Waals surface area contributed by atoms with Crippen LogP contribution in [0, 0.1) is 0 Å². The van der Waals surface area contributed by atoms with E-state index in [9.17, 15) is 19.2 Å². The number of carboxylic acids is 4. The van der Waals surface area contributed by atoms with Gasteiger partial charge in [-0.2, -0.15) is 0 Å². The molecule has 0 aromatic heterocycles. The Labute approximate surface area is 107 Å². The first-order chi connectivity index (χ1) is 8.66. The van der Waals surface area contributed by atoms with Gasteiger partial charge in [0.2, 0.25) is 0 Å². The van der Waals surface area contributed by atoms with Crippen molar-refractivity contribution in [2.24, 2.45) is 0 Å². The van der Waals surface area contributed by atoms with Gasteiger partial charge >= 0.3 is 23.9 Å². The molecule has 0 aromatic rings. The van der Waals surface area contributed by atoms with Gasteiger partial charge in [0.05, 0.1) is 0 Å². The van der Waals surface area contributed by atoms with E-state index in [1.165, 1.54) is 6.92 Å². The topological polar surface area (TPSA) is 149 Å². The number of rotatable bonds is 5. The second-order valence-corrected chi connectivity index (χ2v) is 2.87. The van der Waals surface area contributed by atoms with Crippen LogP contribution in [0.1, 0.15) is 6.92 Å². The molecule has 0 aliphatic rings. The van der Waals surface area contributed by atoms with E-state index < -0.39 is 23.9 Å². The number of hydrogen-bond acceptors (Lipinski definition) is 4. The van der Waals surface area contributed by atoms with Crippen molar-refractivity contribution in [1.82, 2.24) is 0 Å². The highest BCUT2D eigenvalue weighted by atomic mass is 16.4. The molecule has 0 amide bonds. The maximum absolute atomic E-state index is 9.90. The smallest absolute Gasteiger partial charge is 0.331 e. The lowest BCUT2D eigenvalue weighted by molar-refractivity contribution is -0.135.